The van der Waals surface area contributed by atoms with Crippen molar-refractivity contribution in [3.8, 4) is 22.4 Å². The van der Waals surface area contributed by atoms with Crippen LogP contribution in [-0.4, -0.2) is 4.98 Å². The molecule has 0 bridgehead atoms. The zero-order valence-corrected chi connectivity index (χ0v) is 20.0. The third-order valence-electron chi connectivity index (χ3n) is 6.14. The van der Waals surface area contributed by atoms with Gasteiger partial charge in [-0.1, -0.05) is 81.4 Å². The van der Waals surface area contributed by atoms with Crippen molar-refractivity contribution in [2.24, 2.45) is 10.8 Å². The number of nitrogens with zero attached hydrogens (tertiary/aromatic N) is 1. The van der Waals surface area contributed by atoms with Crippen molar-refractivity contribution < 1.29 is 17.8 Å². The van der Waals surface area contributed by atoms with Crippen molar-refractivity contribution in [1.82, 2.24) is 4.98 Å². The lowest BCUT2D eigenvalue weighted by Crippen LogP contribution is -2.21. The Morgan fingerprint density at radius 3 is 2.17 bits per heavy atom. The van der Waals surface area contributed by atoms with E-state index in [-0.39, 0.29) is 39.1 Å². The normalized spacial score (nSPS) is 27.9. The maximum absolute atomic E-state index is 9.34. The fourth-order valence-electron chi connectivity index (χ4n) is 4.61. The molecule has 0 radical (unpaired) electrons. The summed E-state index contributed by atoms with van der Waals surface area (Å²) in [7, 11) is 0. The van der Waals surface area contributed by atoms with E-state index in [4.69, 9.17) is 12.3 Å². The van der Waals surface area contributed by atoms with Gasteiger partial charge in [0, 0.05) is 29.6 Å². The van der Waals surface area contributed by atoms with E-state index in [1.807, 2.05) is 0 Å². The highest BCUT2D eigenvalue weighted by Gasteiger charge is 2.41. The van der Waals surface area contributed by atoms with E-state index in [0.29, 0.717) is 16.7 Å². The van der Waals surface area contributed by atoms with Gasteiger partial charge < -0.3 is 0 Å². The van der Waals surface area contributed by atoms with Crippen LogP contribution < -0.4 is 0 Å². The zero-order chi connectivity index (χ0) is 35.7. The number of pyridine rings is 1. The number of hydrogen-bond donors (Lipinski definition) is 0. The van der Waals surface area contributed by atoms with E-state index in [1.165, 1.54) is 48.7 Å². The maximum atomic E-state index is 9.34. The van der Waals surface area contributed by atoms with E-state index >= 15 is 0 Å². The minimum atomic E-state index is -2.80. The molecule has 176 valence electrons. The quantitative estimate of drug-likeness (QED) is 0.294. The molecule has 1 heteroatoms. The average Bonchev–Trinajstić information content (AvgIpc) is 3.24. The Hall–Kier alpha value is -3.19. The predicted molar refractivity (Wildman–Crippen MR) is 147 cm³/mol. The smallest absolute Gasteiger partial charge is 0.0705 e. The van der Waals surface area contributed by atoms with Gasteiger partial charge in [0.2, 0.25) is 0 Å². The first kappa shape index (κ1) is 12.2. The molecule has 1 spiro atoms. The number of hydrogen-bond acceptors (Lipinski definition) is 1. The maximum Gasteiger partial charge on any atom is 0.0705 e. The summed E-state index contributed by atoms with van der Waals surface area (Å²) in [6, 6.07) is 18.5. The Morgan fingerprint density at radius 1 is 0.800 bits per heavy atom. The summed E-state index contributed by atoms with van der Waals surface area (Å²) in [4.78, 5) is 4.45. The van der Waals surface area contributed by atoms with E-state index in [1.54, 1.807) is 51.1 Å². The highest BCUT2D eigenvalue weighted by atomic mass is 14.7. The molecule has 2 aliphatic rings. The number of aromatic nitrogens is 1. The summed E-state index contributed by atoms with van der Waals surface area (Å²) in [6.07, 6.45) is -11.7. The van der Waals surface area contributed by atoms with E-state index in [2.05, 4.69) is 4.98 Å². The summed E-state index contributed by atoms with van der Waals surface area (Å²) < 4.78 is 115. The van der Waals surface area contributed by atoms with Crippen LogP contribution in [-0.2, 0) is 31.9 Å². The molecular formula is C34H35N. The Kier molecular flexibility index (Phi) is 2.85. The van der Waals surface area contributed by atoms with Crippen LogP contribution in [0.15, 0.2) is 79.0 Å². The second kappa shape index (κ2) is 8.19. The highest BCUT2D eigenvalue weighted by molar-refractivity contribution is 5.72. The number of aryl methyl sites for hydroxylation is 1. The van der Waals surface area contributed by atoms with Gasteiger partial charge in [-0.3, -0.25) is 4.98 Å². The molecule has 0 saturated heterocycles. The number of rotatable bonds is 3. The molecule has 6 rings (SSSR count). The van der Waals surface area contributed by atoms with Gasteiger partial charge in [0.25, 0.3) is 0 Å². The summed E-state index contributed by atoms with van der Waals surface area (Å²) in [5, 5.41) is 0. The minimum Gasteiger partial charge on any atom is -0.256 e. The van der Waals surface area contributed by atoms with Gasteiger partial charge in [0.05, 0.1) is 5.69 Å². The van der Waals surface area contributed by atoms with E-state index in [0.717, 1.165) is 0 Å². The van der Waals surface area contributed by atoms with Gasteiger partial charge in [-0.15, -0.1) is 0 Å². The fraction of sp³-hybridized carbons (Fsp3) is 0.324. The topological polar surface area (TPSA) is 12.9 Å². The van der Waals surface area contributed by atoms with Crippen LogP contribution in [0.1, 0.15) is 72.0 Å². The van der Waals surface area contributed by atoms with Gasteiger partial charge in [-0.05, 0) is 106 Å². The molecule has 0 N–H and O–H groups in total. The SMILES string of the molecule is [2H]C([2H])([2H])c1cc(-c2cccc(-c3ccc4c(c3)C([2H])([2H])C3(C([2H])([2H])c5ccccc5C3([2H])[2H])C4([2H])[2H])c2)ncc1C([2H])([2H])C(C)(C)C. The van der Waals surface area contributed by atoms with Crippen molar-refractivity contribution >= 4 is 0 Å². The Balaban J connectivity index is 1.48. The van der Waals surface area contributed by atoms with Crippen LogP contribution in [0.25, 0.3) is 22.4 Å². The van der Waals surface area contributed by atoms with Crippen molar-refractivity contribution in [2.75, 3.05) is 0 Å². The van der Waals surface area contributed by atoms with E-state index < -0.39 is 49.5 Å². The van der Waals surface area contributed by atoms with Crippen LogP contribution in [0.2, 0.25) is 0 Å². The summed E-state index contributed by atoms with van der Waals surface area (Å²) in [5.41, 5.74) is -2.49. The molecule has 0 unspecified atom stereocenters. The summed E-state index contributed by atoms with van der Waals surface area (Å²) in [5.74, 6) is 0. The van der Waals surface area contributed by atoms with Crippen LogP contribution in [0, 0.1) is 17.7 Å². The first-order valence-electron chi connectivity index (χ1n) is 18.2. The third-order valence-corrected chi connectivity index (χ3v) is 6.14. The average molecular weight is 471 g/mol. The molecule has 1 nitrogen and oxygen atoms in total. The molecule has 35 heavy (non-hydrogen) atoms. The molecule has 0 amide bonds. The molecule has 3 aromatic carbocycles. The van der Waals surface area contributed by atoms with Gasteiger partial charge in [0.1, 0.15) is 0 Å². The first-order valence-corrected chi connectivity index (χ1v) is 11.7. The molecule has 0 fully saturated rings. The second-order valence-electron chi connectivity index (χ2n) is 10.1. The zero-order valence-electron chi connectivity index (χ0n) is 33.0. The third kappa shape index (κ3) is 4.33. The van der Waals surface area contributed by atoms with Crippen LogP contribution in [0.5, 0.6) is 0 Å². The van der Waals surface area contributed by atoms with Crippen LogP contribution in [0.3, 0.4) is 0 Å². The first-order chi connectivity index (χ1) is 21.9. The summed E-state index contributed by atoms with van der Waals surface area (Å²) in [6.45, 7) is 2.44. The number of fused-ring (bicyclic) bond motifs is 2. The number of benzene rings is 3. The molecule has 1 aromatic heterocycles. The molecule has 0 saturated carbocycles. The predicted octanol–water partition coefficient (Wildman–Crippen LogP) is 8.20. The van der Waals surface area contributed by atoms with Crippen molar-refractivity contribution in [2.45, 2.75) is 59.5 Å². The molecule has 1 heterocycles. The van der Waals surface area contributed by atoms with Crippen molar-refractivity contribution in [3.05, 3.63) is 112 Å². The largest absolute Gasteiger partial charge is 0.256 e. The highest BCUT2D eigenvalue weighted by Crippen LogP contribution is 2.47. The summed E-state index contributed by atoms with van der Waals surface area (Å²) >= 11 is 0. The fourth-order valence-corrected chi connectivity index (χ4v) is 4.61. The standard InChI is InChI=1S/C34H35N/c1-23-14-32(35-22-31(23)17-33(2,3)4)26-11-7-10-24(15-26)25-12-13-29-20-34(21-30(29)16-25)18-27-8-5-6-9-28(27)19-34/h5-16,22H,17-21H2,1-4H3/i1D3,17D2,18D2,19D2,20D2,21D2. The van der Waals surface area contributed by atoms with E-state index in [9.17, 15) is 5.48 Å². The Labute approximate surface area is 228 Å². The molecule has 0 aliphatic heterocycles. The molecule has 4 aromatic rings. The Bertz CT molecular complexity index is 1920. The molecule has 0 atom stereocenters. The molecular weight excluding hydrogens is 422 g/mol. The molecule has 2 aliphatic carbocycles. The van der Waals surface area contributed by atoms with Crippen molar-refractivity contribution in [1.29, 1.82) is 0 Å². The lowest BCUT2D eigenvalue weighted by Gasteiger charge is -2.21. The lowest BCUT2D eigenvalue weighted by molar-refractivity contribution is 0.326. The van der Waals surface area contributed by atoms with Gasteiger partial charge in [-0.25, -0.2) is 0 Å². The van der Waals surface area contributed by atoms with Gasteiger partial charge >= 0.3 is 0 Å². The van der Waals surface area contributed by atoms with Gasteiger partial charge in [0.15, 0.2) is 0 Å². The van der Waals surface area contributed by atoms with Gasteiger partial charge in [-0.2, -0.15) is 0 Å². The Morgan fingerprint density at radius 2 is 1.46 bits per heavy atom. The minimum absolute atomic E-state index is 0.0206. The monoisotopic (exact) mass is 470 g/mol. The van der Waals surface area contributed by atoms with Crippen LogP contribution in [0.4, 0.5) is 0 Å². The van der Waals surface area contributed by atoms with Crippen LogP contribution >= 0.6 is 0 Å². The lowest BCUT2D eigenvalue weighted by atomic mass is 9.82. The van der Waals surface area contributed by atoms with Crippen molar-refractivity contribution in [3.63, 3.8) is 0 Å². The second-order valence-corrected chi connectivity index (χ2v) is 10.1.